The molecule has 0 saturated carbocycles. The number of carbonyl (C=O) groups excluding carboxylic acids is 1. The zero-order chi connectivity index (χ0) is 19.1. The molecule has 138 valence electrons. The molecule has 0 bridgehead atoms. The molecule has 0 unspecified atom stereocenters. The largest absolute Gasteiger partial charge is 0.366 e. The van der Waals surface area contributed by atoms with E-state index >= 15 is 0 Å². The number of amides is 1. The SMILES string of the molecule is Cc1ccc(CNc2cc(C(=O)NCCc3ccc(Cl)cc3)ncn2)cc1. The van der Waals surface area contributed by atoms with Crippen molar-refractivity contribution >= 4 is 23.3 Å². The maximum absolute atomic E-state index is 12.3. The summed E-state index contributed by atoms with van der Waals surface area (Å²) < 4.78 is 0. The van der Waals surface area contributed by atoms with Crippen LogP contribution >= 0.6 is 11.6 Å². The standard InChI is InChI=1S/C21H21ClN4O/c1-15-2-4-17(5-3-15)13-24-20-12-19(25-14-26-20)21(27)23-11-10-16-6-8-18(22)9-7-16/h2-9,12,14H,10-11,13H2,1H3,(H,23,27)(H,24,25,26). The molecule has 2 N–H and O–H groups in total. The lowest BCUT2D eigenvalue weighted by molar-refractivity contribution is 0.0949. The number of nitrogens with zero attached hydrogens (tertiary/aromatic N) is 2. The molecule has 0 aliphatic rings. The fourth-order valence-electron chi connectivity index (χ4n) is 2.54. The first-order valence-corrected chi connectivity index (χ1v) is 9.12. The van der Waals surface area contributed by atoms with Gasteiger partial charge in [0.05, 0.1) is 0 Å². The van der Waals surface area contributed by atoms with Gasteiger partial charge in [-0.3, -0.25) is 4.79 Å². The van der Waals surface area contributed by atoms with Gasteiger partial charge in [-0.15, -0.1) is 0 Å². The van der Waals surface area contributed by atoms with E-state index in [1.807, 2.05) is 24.3 Å². The zero-order valence-electron chi connectivity index (χ0n) is 15.1. The van der Waals surface area contributed by atoms with Crippen LogP contribution in [0.1, 0.15) is 27.2 Å². The van der Waals surface area contributed by atoms with Gasteiger partial charge in [0.15, 0.2) is 0 Å². The first kappa shape index (κ1) is 18.9. The normalized spacial score (nSPS) is 10.4. The first-order chi connectivity index (χ1) is 13.1. The Morgan fingerprint density at radius 2 is 1.70 bits per heavy atom. The smallest absolute Gasteiger partial charge is 0.270 e. The van der Waals surface area contributed by atoms with Crippen molar-refractivity contribution in [3.63, 3.8) is 0 Å². The van der Waals surface area contributed by atoms with Gasteiger partial charge in [-0.05, 0) is 36.6 Å². The molecule has 0 saturated heterocycles. The van der Waals surface area contributed by atoms with Crippen LogP contribution in [-0.4, -0.2) is 22.4 Å². The van der Waals surface area contributed by atoms with Crippen molar-refractivity contribution in [3.8, 4) is 0 Å². The number of carbonyl (C=O) groups is 1. The minimum Gasteiger partial charge on any atom is -0.366 e. The third kappa shape index (κ3) is 5.79. The van der Waals surface area contributed by atoms with Crippen LogP contribution in [-0.2, 0) is 13.0 Å². The van der Waals surface area contributed by atoms with Crippen LogP contribution in [0, 0.1) is 6.92 Å². The van der Waals surface area contributed by atoms with Crippen LogP contribution in [0.4, 0.5) is 5.82 Å². The van der Waals surface area contributed by atoms with Crippen LogP contribution in [0.3, 0.4) is 0 Å². The Balaban J connectivity index is 1.51. The summed E-state index contributed by atoms with van der Waals surface area (Å²) >= 11 is 5.87. The van der Waals surface area contributed by atoms with Crippen molar-refractivity contribution in [1.82, 2.24) is 15.3 Å². The van der Waals surface area contributed by atoms with Gasteiger partial charge < -0.3 is 10.6 Å². The second-order valence-corrected chi connectivity index (χ2v) is 6.70. The van der Waals surface area contributed by atoms with E-state index in [1.54, 1.807) is 6.07 Å². The fourth-order valence-corrected chi connectivity index (χ4v) is 2.66. The monoisotopic (exact) mass is 380 g/mol. The van der Waals surface area contributed by atoms with Crippen molar-refractivity contribution in [2.24, 2.45) is 0 Å². The van der Waals surface area contributed by atoms with Crippen LogP contribution in [0.15, 0.2) is 60.9 Å². The van der Waals surface area contributed by atoms with E-state index in [2.05, 4.69) is 51.8 Å². The molecule has 3 rings (SSSR count). The third-order valence-electron chi connectivity index (χ3n) is 4.11. The predicted octanol–water partition coefficient (Wildman–Crippen LogP) is 4.02. The Morgan fingerprint density at radius 1 is 1.00 bits per heavy atom. The summed E-state index contributed by atoms with van der Waals surface area (Å²) in [7, 11) is 0. The summed E-state index contributed by atoms with van der Waals surface area (Å²) in [6.07, 6.45) is 2.12. The van der Waals surface area contributed by atoms with Crippen molar-refractivity contribution in [2.75, 3.05) is 11.9 Å². The lowest BCUT2D eigenvalue weighted by Gasteiger charge is -2.08. The summed E-state index contributed by atoms with van der Waals surface area (Å²) in [6.45, 7) is 3.21. The molecule has 0 aliphatic heterocycles. The second kappa shape index (κ2) is 9.14. The highest BCUT2D eigenvalue weighted by atomic mass is 35.5. The Hall–Kier alpha value is -2.92. The summed E-state index contributed by atoms with van der Waals surface area (Å²) in [6, 6.07) is 17.5. The van der Waals surface area contributed by atoms with Crippen LogP contribution in [0.25, 0.3) is 0 Å². The van der Waals surface area contributed by atoms with Gasteiger partial charge >= 0.3 is 0 Å². The molecule has 0 aliphatic carbocycles. The van der Waals surface area contributed by atoms with Crippen LogP contribution in [0.5, 0.6) is 0 Å². The first-order valence-electron chi connectivity index (χ1n) is 8.74. The van der Waals surface area contributed by atoms with E-state index in [0.717, 1.165) is 17.5 Å². The van der Waals surface area contributed by atoms with Gasteiger partial charge in [0.2, 0.25) is 0 Å². The topological polar surface area (TPSA) is 66.9 Å². The minimum atomic E-state index is -0.218. The number of halogens is 1. The molecule has 6 heteroatoms. The van der Waals surface area contributed by atoms with E-state index in [1.165, 1.54) is 11.9 Å². The number of aromatic nitrogens is 2. The van der Waals surface area contributed by atoms with Gasteiger partial charge in [0, 0.05) is 24.2 Å². The molecule has 3 aromatic rings. The lowest BCUT2D eigenvalue weighted by atomic mass is 10.1. The third-order valence-corrected chi connectivity index (χ3v) is 4.36. The average Bonchev–Trinajstić information content (AvgIpc) is 2.69. The second-order valence-electron chi connectivity index (χ2n) is 6.26. The number of hydrogen-bond acceptors (Lipinski definition) is 4. The van der Waals surface area contributed by atoms with E-state index in [4.69, 9.17) is 11.6 Å². The maximum atomic E-state index is 12.3. The number of aryl methyl sites for hydroxylation is 1. The highest BCUT2D eigenvalue weighted by Crippen LogP contribution is 2.10. The summed E-state index contributed by atoms with van der Waals surface area (Å²) in [5.41, 5.74) is 3.82. The molecule has 1 heterocycles. The van der Waals surface area contributed by atoms with Crippen LogP contribution in [0.2, 0.25) is 5.02 Å². The Bertz CT molecular complexity index is 895. The summed E-state index contributed by atoms with van der Waals surface area (Å²) in [5, 5.41) is 6.80. The lowest BCUT2D eigenvalue weighted by Crippen LogP contribution is -2.26. The molecule has 27 heavy (non-hydrogen) atoms. The molecule has 1 amide bonds. The highest BCUT2D eigenvalue weighted by molar-refractivity contribution is 6.30. The molecule has 1 aromatic heterocycles. The number of benzene rings is 2. The van der Waals surface area contributed by atoms with E-state index in [9.17, 15) is 4.79 Å². The zero-order valence-corrected chi connectivity index (χ0v) is 15.8. The van der Waals surface area contributed by atoms with Gasteiger partial charge in [0.25, 0.3) is 5.91 Å². The fraction of sp³-hybridized carbons (Fsp3) is 0.190. The van der Waals surface area contributed by atoms with Gasteiger partial charge in [-0.1, -0.05) is 53.6 Å². The highest BCUT2D eigenvalue weighted by Gasteiger charge is 2.08. The number of anilines is 1. The Labute approximate surface area is 163 Å². The van der Waals surface area contributed by atoms with Gasteiger partial charge in [0.1, 0.15) is 17.8 Å². The van der Waals surface area contributed by atoms with Gasteiger partial charge in [-0.2, -0.15) is 0 Å². The number of hydrogen-bond donors (Lipinski definition) is 2. The molecule has 2 aromatic carbocycles. The van der Waals surface area contributed by atoms with Crippen molar-refractivity contribution in [3.05, 3.63) is 88.3 Å². The number of rotatable bonds is 7. The molecule has 0 atom stereocenters. The molecule has 0 radical (unpaired) electrons. The van der Waals surface area contributed by atoms with E-state index in [-0.39, 0.29) is 5.91 Å². The van der Waals surface area contributed by atoms with Crippen LogP contribution < -0.4 is 10.6 Å². The molecular weight excluding hydrogens is 360 g/mol. The molecule has 0 spiro atoms. The summed E-state index contributed by atoms with van der Waals surface area (Å²) in [5.74, 6) is 0.401. The molecule has 5 nitrogen and oxygen atoms in total. The Morgan fingerprint density at radius 3 is 2.44 bits per heavy atom. The van der Waals surface area contributed by atoms with Gasteiger partial charge in [-0.25, -0.2) is 9.97 Å². The van der Waals surface area contributed by atoms with E-state index < -0.39 is 0 Å². The van der Waals surface area contributed by atoms with Crippen molar-refractivity contribution in [1.29, 1.82) is 0 Å². The summed E-state index contributed by atoms with van der Waals surface area (Å²) in [4.78, 5) is 20.5. The van der Waals surface area contributed by atoms with Crippen molar-refractivity contribution in [2.45, 2.75) is 19.9 Å². The predicted molar refractivity (Wildman–Crippen MR) is 108 cm³/mol. The van der Waals surface area contributed by atoms with Crippen molar-refractivity contribution < 1.29 is 4.79 Å². The Kier molecular flexibility index (Phi) is 6.39. The molecule has 0 fully saturated rings. The number of nitrogens with one attached hydrogen (secondary N) is 2. The molecular formula is C21H21ClN4O. The average molecular weight is 381 g/mol. The van der Waals surface area contributed by atoms with E-state index in [0.29, 0.717) is 29.6 Å². The maximum Gasteiger partial charge on any atom is 0.270 e. The quantitative estimate of drug-likeness (QED) is 0.649. The minimum absolute atomic E-state index is 0.218.